The first-order valence-corrected chi connectivity index (χ1v) is 14.4. The highest BCUT2D eigenvalue weighted by Gasteiger charge is 2.37. The smallest absolute Gasteiger partial charge is 0.251 e. The molecule has 2 atom stereocenters. The van der Waals surface area contributed by atoms with Gasteiger partial charge < -0.3 is 14.6 Å². The third-order valence-electron chi connectivity index (χ3n) is 7.91. The minimum absolute atomic E-state index is 0.0500. The van der Waals surface area contributed by atoms with Crippen LogP contribution in [0.1, 0.15) is 50.0 Å². The number of nitrogens with one attached hydrogen (secondary N) is 1. The summed E-state index contributed by atoms with van der Waals surface area (Å²) in [5, 5.41) is 11.5. The summed E-state index contributed by atoms with van der Waals surface area (Å²) >= 11 is 0. The zero-order valence-electron chi connectivity index (χ0n) is 24.1. The number of carbonyl (C=O) groups excluding carboxylic acids is 2. The predicted octanol–water partition coefficient (Wildman–Crippen LogP) is 4.51. The van der Waals surface area contributed by atoms with Crippen LogP contribution < -0.4 is 10.2 Å². The van der Waals surface area contributed by atoms with E-state index in [9.17, 15) is 9.59 Å². The van der Waals surface area contributed by atoms with Crippen LogP contribution >= 0.6 is 0 Å². The molecule has 2 unspecified atom stereocenters. The van der Waals surface area contributed by atoms with Crippen LogP contribution in [0.3, 0.4) is 0 Å². The Morgan fingerprint density at radius 3 is 2.40 bits per heavy atom. The van der Waals surface area contributed by atoms with Crippen molar-refractivity contribution >= 4 is 39.6 Å². The van der Waals surface area contributed by atoms with Crippen molar-refractivity contribution in [2.75, 3.05) is 18.1 Å². The molecule has 6 rings (SSSR count). The normalized spacial score (nSPS) is 15.9. The van der Waals surface area contributed by atoms with Crippen LogP contribution in [0, 0.1) is 0 Å². The summed E-state index contributed by atoms with van der Waals surface area (Å²) in [6.07, 6.45) is 1.80. The van der Waals surface area contributed by atoms with Crippen LogP contribution in [0.2, 0.25) is 0 Å². The first-order valence-electron chi connectivity index (χ1n) is 14.4. The van der Waals surface area contributed by atoms with E-state index in [4.69, 9.17) is 9.72 Å². The number of aromatic nitrogens is 5. The van der Waals surface area contributed by atoms with E-state index in [1.807, 2.05) is 84.4 Å². The molecule has 2 amide bonds. The lowest BCUT2D eigenvalue weighted by Gasteiger charge is -2.31. The molecule has 1 N–H and O–H groups in total. The highest BCUT2D eigenvalue weighted by atomic mass is 16.5. The number of hydrogen-bond acceptors (Lipinski definition) is 6. The molecule has 1 aliphatic heterocycles. The van der Waals surface area contributed by atoms with E-state index >= 15 is 0 Å². The average molecular weight is 566 g/mol. The lowest BCUT2D eigenvalue weighted by Crippen LogP contribution is -2.47. The third-order valence-corrected chi connectivity index (χ3v) is 7.91. The van der Waals surface area contributed by atoms with Crippen LogP contribution in [0.25, 0.3) is 22.1 Å². The number of imidazole rings is 1. The molecule has 0 radical (unpaired) electrons. The van der Waals surface area contributed by atoms with E-state index in [1.54, 1.807) is 9.58 Å². The number of anilines is 1. The Bertz CT molecular complexity index is 1720. The van der Waals surface area contributed by atoms with Crippen LogP contribution in [0.4, 0.5) is 5.69 Å². The van der Waals surface area contributed by atoms with Gasteiger partial charge >= 0.3 is 0 Å². The molecule has 1 aliphatic rings. The topological polar surface area (TPSA) is 107 Å². The van der Waals surface area contributed by atoms with E-state index in [1.165, 1.54) is 0 Å². The number of para-hydroxylation sites is 3. The molecule has 2 aromatic heterocycles. The molecular weight excluding hydrogens is 530 g/mol. The van der Waals surface area contributed by atoms with Crippen molar-refractivity contribution in [1.82, 2.24) is 29.9 Å². The molecule has 10 heteroatoms. The summed E-state index contributed by atoms with van der Waals surface area (Å²) in [6.45, 7) is 5.18. The van der Waals surface area contributed by atoms with E-state index in [2.05, 4.69) is 29.5 Å². The van der Waals surface area contributed by atoms with E-state index < -0.39 is 6.04 Å². The summed E-state index contributed by atoms with van der Waals surface area (Å²) in [4.78, 5) is 35.0. The molecular formula is C32H35N7O3. The second-order valence-electron chi connectivity index (χ2n) is 11.0. The number of carbonyl (C=O) groups is 2. The average Bonchev–Trinajstić information content (AvgIpc) is 3.75. The van der Waals surface area contributed by atoms with Gasteiger partial charge in [-0.2, -0.15) is 0 Å². The summed E-state index contributed by atoms with van der Waals surface area (Å²) < 4.78 is 9.23. The van der Waals surface area contributed by atoms with Crippen molar-refractivity contribution in [1.29, 1.82) is 0 Å². The lowest BCUT2D eigenvalue weighted by molar-refractivity contribution is -0.127. The maximum Gasteiger partial charge on any atom is 0.251 e. The van der Waals surface area contributed by atoms with Crippen molar-refractivity contribution in [3.8, 4) is 0 Å². The zero-order chi connectivity index (χ0) is 29.2. The van der Waals surface area contributed by atoms with E-state index in [0.29, 0.717) is 36.1 Å². The summed E-state index contributed by atoms with van der Waals surface area (Å²) in [7, 11) is 1.88. The maximum absolute atomic E-state index is 14.4. The first-order chi connectivity index (χ1) is 20.4. The molecule has 1 saturated heterocycles. The van der Waals surface area contributed by atoms with Crippen molar-refractivity contribution in [3.05, 3.63) is 84.2 Å². The molecule has 0 bridgehead atoms. The predicted molar refractivity (Wildman–Crippen MR) is 161 cm³/mol. The molecule has 10 nitrogen and oxygen atoms in total. The minimum Gasteiger partial charge on any atom is -0.376 e. The Morgan fingerprint density at radius 2 is 1.71 bits per heavy atom. The van der Waals surface area contributed by atoms with E-state index in [0.717, 1.165) is 35.0 Å². The van der Waals surface area contributed by atoms with Crippen molar-refractivity contribution in [2.24, 2.45) is 7.05 Å². The van der Waals surface area contributed by atoms with Gasteiger partial charge in [0.2, 0.25) is 5.91 Å². The van der Waals surface area contributed by atoms with Crippen LogP contribution in [0.15, 0.2) is 72.8 Å². The molecule has 216 valence electrons. The molecule has 42 heavy (non-hydrogen) atoms. The second-order valence-corrected chi connectivity index (χ2v) is 11.0. The van der Waals surface area contributed by atoms with Crippen LogP contribution in [-0.4, -0.2) is 55.6 Å². The maximum atomic E-state index is 14.4. The molecule has 1 fully saturated rings. The quantitative estimate of drug-likeness (QED) is 0.282. The van der Waals surface area contributed by atoms with Gasteiger partial charge in [-0.15, -0.1) is 5.10 Å². The third kappa shape index (κ3) is 5.37. The number of benzene rings is 3. The highest BCUT2D eigenvalue weighted by Crippen LogP contribution is 2.31. The SMILES string of the molecule is CC(C)c1ccc(N(C(=O)Cn2nnc3ccccc32)C(C(=O)NCC2CCCO2)c2nc3ccccc3n2C)cc1. The molecule has 5 aromatic rings. The van der Waals surface area contributed by atoms with Gasteiger partial charge in [0.25, 0.3) is 5.91 Å². The Balaban J connectivity index is 1.45. The Morgan fingerprint density at radius 1 is 1.00 bits per heavy atom. The fourth-order valence-corrected chi connectivity index (χ4v) is 5.57. The Kier molecular flexibility index (Phi) is 7.71. The second kappa shape index (κ2) is 11.7. The fourth-order valence-electron chi connectivity index (χ4n) is 5.57. The zero-order valence-corrected chi connectivity index (χ0v) is 24.1. The van der Waals surface area contributed by atoms with Crippen molar-refractivity contribution < 1.29 is 14.3 Å². The van der Waals surface area contributed by atoms with Gasteiger partial charge in [0, 0.05) is 25.9 Å². The van der Waals surface area contributed by atoms with Gasteiger partial charge in [-0.05, 0) is 60.7 Å². The first kappa shape index (κ1) is 27.6. The van der Waals surface area contributed by atoms with Gasteiger partial charge in [0.05, 0.1) is 22.7 Å². The monoisotopic (exact) mass is 565 g/mol. The van der Waals surface area contributed by atoms with Crippen LogP contribution in [0.5, 0.6) is 0 Å². The number of rotatable bonds is 9. The number of ether oxygens (including phenoxy) is 1. The fraction of sp³-hybridized carbons (Fsp3) is 0.344. The summed E-state index contributed by atoms with van der Waals surface area (Å²) in [6, 6.07) is 22.0. The van der Waals surface area contributed by atoms with Gasteiger partial charge in [-0.25, -0.2) is 9.67 Å². The van der Waals surface area contributed by atoms with Gasteiger partial charge in [-0.1, -0.05) is 55.5 Å². The van der Waals surface area contributed by atoms with E-state index in [-0.39, 0.29) is 24.5 Å². The molecule has 3 aromatic carbocycles. The largest absolute Gasteiger partial charge is 0.376 e. The minimum atomic E-state index is -1.05. The number of aryl methyl sites for hydroxylation is 1. The molecule has 0 spiro atoms. The number of fused-ring (bicyclic) bond motifs is 2. The summed E-state index contributed by atoms with van der Waals surface area (Å²) in [5.41, 5.74) is 4.78. The lowest BCUT2D eigenvalue weighted by atomic mass is 10.0. The van der Waals surface area contributed by atoms with Gasteiger partial charge in [0.15, 0.2) is 6.04 Å². The molecule has 3 heterocycles. The number of amides is 2. The van der Waals surface area contributed by atoms with Crippen molar-refractivity contribution in [2.45, 2.75) is 51.3 Å². The Labute approximate surface area is 244 Å². The number of hydrogen-bond donors (Lipinski definition) is 1. The molecule has 0 saturated carbocycles. The van der Waals surface area contributed by atoms with Gasteiger partial charge in [0.1, 0.15) is 17.9 Å². The summed E-state index contributed by atoms with van der Waals surface area (Å²) in [5.74, 6) is 0.141. The standard InChI is InChI=1S/C32H35N7O3/c1-21(2)22-14-16-23(17-15-22)39(29(40)20-38-28-13-7-5-11-26(28)35-36-38)30(32(41)33-19-24-9-8-18-42-24)31-34-25-10-4-6-12-27(25)37(31)3/h4-7,10-17,21,24,30H,8-9,18-20H2,1-3H3,(H,33,41). The van der Waals surface area contributed by atoms with Crippen molar-refractivity contribution in [3.63, 3.8) is 0 Å². The van der Waals surface area contributed by atoms with Crippen LogP contribution in [-0.2, 0) is 27.9 Å². The number of nitrogens with zero attached hydrogens (tertiary/aromatic N) is 6. The van der Waals surface area contributed by atoms with Gasteiger partial charge in [-0.3, -0.25) is 14.5 Å². The Hall–Kier alpha value is -4.57. The molecule has 0 aliphatic carbocycles. The highest BCUT2D eigenvalue weighted by molar-refractivity contribution is 6.01.